The van der Waals surface area contributed by atoms with Crippen molar-refractivity contribution in [3.63, 3.8) is 0 Å². The smallest absolute Gasteiger partial charge is 0.311 e. The van der Waals surface area contributed by atoms with Crippen molar-refractivity contribution in [2.24, 2.45) is 0 Å². The predicted molar refractivity (Wildman–Crippen MR) is 76.2 cm³/mol. The fraction of sp³-hybridized carbons (Fsp3) is 0.615. The minimum Gasteiger partial charge on any atom is -0.481 e. The molecule has 0 radical (unpaired) electrons. The highest BCUT2D eigenvalue weighted by Crippen LogP contribution is 2.24. The second kappa shape index (κ2) is 7.04. The number of ether oxygens (including phenoxy) is 1. The van der Waals surface area contributed by atoms with Crippen LogP contribution in [0.3, 0.4) is 0 Å². The molecule has 7 nitrogen and oxygen atoms in total. The van der Waals surface area contributed by atoms with Crippen LogP contribution in [0.4, 0.5) is 11.5 Å². The fourth-order valence-corrected chi connectivity index (χ4v) is 2.34. The lowest BCUT2D eigenvalue weighted by Crippen LogP contribution is -2.33. The normalized spacial score (nSPS) is 15.8. The Morgan fingerprint density at radius 1 is 1.40 bits per heavy atom. The van der Waals surface area contributed by atoms with Crippen LogP contribution in [-0.2, 0) is 0 Å². The lowest BCUT2D eigenvalue weighted by molar-refractivity contribution is -0.384. The molecule has 0 bridgehead atoms. The van der Waals surface area contributed by atoms with Gasteiger partial charge in [-0.2, -0.15) is 4.98 Å². The molecule has 2 heterocycles. The largest absolute Gasteiger partial charge is 0.481 e. The number of aromatic nitrogens is 1. The van der Waals surface area contributed by atoms with Crippen LogP contribution in [0.25, 0.3) is 0 Å². The van der Waals surface area contributed by atoms with Gasteiger partial charge in [-0.1, -0.05) is 6.42 Å². The first-order valence-corrected chi connectivity index (χ1v) is 6.86. The summed E-state index contributed by atoms with van der Waals surface area (Å²) < 4.78 is 5.00. The van der Waals surface area contributed by atoms with E-state index in [4.69, 9.17) is 4.74 Å². The van der Waals surface area contributed by atoms with Gasteiger partial charge in [-0.25, -0.2) is 0 Å². The molecule has 0 amide bonds. The first kappa shape index (κ1) is 14.5. The molecule has 2 rings (SSSR count). The molecule has 0 atom stereocenters. The summed E-state index contributed by atoms with van der Waals surface area (Å²) in [5.74, 6) is 0.641. The number of methoxy groups -OCH3 is 1. The van der Waals surface area contributed by atoms with Gasteiger partial charge in [0.05, 0.1) is 12.0 Å². The summed E-state index contributed by atoms with van der Waals surface area (Å²) in [5, 5.41) is 14.0. The molecule has 1 N–H and O–H groups in total. The van der Waals surface area contributed by atoms with Crippen molar-refractivity contribution in [1.29, 1.82) is 0 Å². The third-order valence-electron chi connectivity index (χ3n) is 3.42. The van der Waals surface area contributed by atoms with Crippen molar-refractivity contribution in [1.82, 2.24) is 9.88 Å². The van der Waals surface area contributed by atoms with Gasteiger partial charge in [0.2, 0.25) is 11.7 Å². The molecular weight excluding hydrogens is 260 g/mol. The maximum Gasteiger partial charge on any atom is 0.311 e. The van der Waals surface area contributed by atoms with Crippen molar-refractivity contribution >= 4 is 11.5 Å². The molecule has 1 aromatic rings. The standard InChI is InChI=1S/C13H20N4O3/c1-20-12-6-5-11(17(18)19)13(15-12)14-7-10-16-8-3-2-4-9-16/h5-6H,2-4,7-10H2,1H3,(H,14,15). The zero-order valence-electron chi connectivity index (χ0n) is 11.7. The van der Waals surface area contributed by atoms with Crippen molar-refractivity contribution in [3.05, 3.63) is 22.2 Å². The third kappa shape index (κ3) is 3.80. The van der Waals surface area contributed by atoms with Crippen LogP contribution in [-0.4, -0.2) is 48.1 Å². The molecule has 7 heteroatoms. The van der Waals surface area contributed by atoms with Crippen LogP contribution >= 0.6 is 0 Å². The fourth-order valence-electron chi connectivity index (χ4n) is 2.34. The molecule has 1 aromatic heterocycles. The molecule has 0 unspecified atom stereocenters. The minimum atomic E-state index is -0.435. The Bertz CT molecular complexity index is 461. The summed E-state index contributed by atoms with van der Waals surface area (Å²) in [5.41, 5.74) is -0.0237. The molecule has 20 heavy (non-hydrogen) atoms. The van der Waals surface area contributed by atoms with Gasteiger partial charge in [-0.3, -0.25) is 10.1 Å². The third-order valence-corrected chi connectivity index (χ3v) is 3.42. The molecule has 1 saturated heterocycles. The molecule has 0 saturated carbocycles. The molecule has 1 fully saturated rings. The first-order valence-electron chi connectivity index (χ1n) is 6.86. The van der Waals surface area contributed by atoms with Crippen LogP contribution < -0.4 is 10.1 Å². The maximum atomic E-state index is 11.0. The van der Waals surface area contributed by atoms with E-state index in [-0.39, 0.29) is 11.5 Å². The van der Waals surface area contributed by atoms with Gasteiger partial charge >= 0.3 is 5.69 Å². The molecule has 0 aliphatic carbocycles. The van der Waals surface area contributed by atoms with E-state index in [1.165, 1.54) is 38.5 Å². The van der Waals surface area contributed by atoms with Crippen molar-refractivity contribution in [2.75, 3.05) is 38.6 Å². The van der Waals surface area contributed by atoms with Crippen LogP contribution in [0.5, 0.6) is 5.88 Å². The lowest BCUT2D eigenvalue weighted by atomic mass is 10.1. The van der Waals surface area contributed by atoms with Gasteiger partial charge in [0, 0.05) is 25.2 Å². The first-order chi connectivity index (χ1) is 9.70. The number of rotatable bonds is 6. The Balaban J connectivity index is 1.94. The molecule has 1 aliphatic rings. The average molecular weight is 280 g/mol. The van der Waals surface area contributed by atoms with E-state index in [2.05, 4.69) is 15.2 Å². The van der Waals surface area contributed by atoms with E-state index in [9.17, 15) is 10.1 Å². The zero-order valence-corrected chi connectivity index (χ0v) is 11.7. The van der Waals surface area contributed by atoms with E-state index in [1.54, 1.807) is 0 Å². The molecule has 110 valence electrons. The maximum absolute atomic E-state index is 11.0. The number of nitrogens with zero attached hydrogens (tertiary/aromatic N) is 3. The number of nitro groups is 1. The highest BCUT2D eigenvalue weighted by molar-refractivity contribution is 5.57. The Morgan fingerprint density at radius 2 is 2.15 bits per heavy atom. The molecule has 0 aromatic carbocycles. The number of hydrogen-bond donors (Lipinski definition) is 1. The molecule has 1 aliphatic heterocycles. The number of hydrogen-bond acceptors (Lipinski definition) is 6. The van der Waals surface area contributed by atoms with Gasteiger partial charge in [-0.15, -0.1) is 0 Å². The highest BCUT2D eigenvalue weighted by Gasteiger charge is 2.16. The molecule has 0 spiro atoms. The van der Waals surface area contributed by atoms with E-state index >= 15 is 0 Å². The Labute approximate surface area is 118 Å². The van der Waals surface area contributed by atoms with E-state index < -0.39 is 4.92 Å². The summed E-state index contributed by atoms with van der Waals surface area (Å²) in [6, 6.07) is 2.91. The summed E-state index contributed by atoms with van der Waals surface area (Å²) in [6.45, 7) is 3.72. The monoisotopic (exact) mass is 280 g/mol. The van der Waals surface area contributed by atoms with Crippen molar-refractivity contribution in [3.8, 4) is 5.88 Å². The van der Waals surface area contributed by atoms with Gasteiger partial charge in [0.15, 0.2) is 0 Å². The Hall–Kier alpha value is -1.89. The summed E-state index contributed by atoms with van der Waals surface area (Å²) >= 11 is 0. The second-order valence-electron chi connectivity index (χ2n) is 4.81. The van der Waals surface area contributed by atoms with Gasteiger partial charge in [0.25, 0.3) is 0 Å². The molecular formula is C13H20N4O3. The summed E-state index contributed by atoms with van der Waals surface area (Å²) in [7, 11) is 1.49. The topological polar surface area (TPSA) is 80.5 Å². The van der Waals surface area contributed by atoms with Crippen LogP contribution in [0.15, 0.2) is 12.1 Å². The van der Waals surface area contributed by atoms with Crippen LogP contribution in [0.2, 0.25) is 0 Å². The Morgan fingerprint density at radius 3 is 2.80 bits per heavy atom. The zero-order chi connectivity index (χ0) is 14.4. The summed E-state index contributed by atoms with van der Waals surface area (Å²) in [6.07, 6.45) is 3.77. The van der Waals surface area contributed by atoms with Crippen molar-refractivity contribution in [2.45, 2.75) is 19.3 Å². The van der Waals surface area contributed by atoms with E-state index in [1.807, 2.05) is 0 Å². The Kier molecular flexibility index (Phi) is 5.11. The number of nitrogens with one attached hydrogen (secondary N) is 1. The average Bonchev–Trinajstić information content (AvgIpc) is 2.48. The summed E-state index contributed by atoms with van der Waals surface area (Å²) in [4.78, 5) is 17.0. The number of likely N-dealkylation sites (tertiary alicyclic amines) is 1. The predicted octanol–water partition coefficient (Wildman–Crippen LogP) is 1.90. The minimum absolute atomic E-state index is 0.0237. The highest BCUT2D eigenvalue weighted by atomic mass is 16.6. The number of piperidine rings is 1. The second-order valence-corrected chi connectivity index (χ2v) is 4.81. The number of pyridine rings is 1. The van der Waals surface area contributed by atoms with Gasteiger partial charge in [-0.05, 0) is 25.9 Å². The SMILES string of the molecule is COc1ccc([N+](=O)[O-])c(NCCN2CCCCC2)n1. The lowest BCUT2D eigenvalue weighted by Gasteiger charge is -2.26. The van der Waals surface area contributed by atoms with E-state index in [0.717, 1.165) is 19.6 Å². The van der Waals surface area contributed by atoms with E-state index in [0.29, 0.717) is 12.4 Å². The van der Waals surface area contributed by atoms with Crippen molar-refractivity contribution < 1.29 is 9.66 Å². The quantitative estimate of drug-likeness (QED) is 0.633. The van der Waals surface area contributed by atoms with Gasteiger partial charge in [0.1, 0.15) is 0 Å². The van der Waals surface area contributed by atoms with Crippen LogP contribution in [0.1, 0.15) is 19.3 Å². The van der Waals surface area contributed by atoms with Crippen LogP contribution in [0, 0.1) is 10.1 Å². The van der Waals surface area contributed by atoms with Gasteiger partial charge < -0.3 is 15.0 Å². The number of anilines is 1.